The third-order valence-corrected chi connectivity index (χ3v) is 5.90. The van der Waals surface area contributed by atoms with Crippen LogP contribution >= 0.6 is 0 Å². The Labute approximate surface area is 219 Å². The zero-order valence-electron chi connectivity index (χ0n) is 24.2. The summed E-state index contributed by atoms with van der Waals surface area (Å²) in [6, 6.07) is 1.08. The number of hydrogen-bond donors (Lipinski definition) is 0. The summed E-state index contributed by atoms with van der Waals surface area (Å²) < 4.78 is 4.19. The van der Waals surface area contributed by atoms with Crippen LogP contribution in [-0.4, -0.2) is 104 Å². The van der Waals surface area contributed by atoms with Gasteiger partial charge in [0.25, 0.3) is 17.8 Å². The summed E-state index contributed by atoms with van der Waals surface area (Å²) in [6.07, 6.45) is 0. The summed E-state index contributed by atoms with van der Waals surface area (Å²) in [5.41, 5.74) is 0. The van der Waals surface area contributed by atoms with Gasteiger partial charge in [-0.3, -0.25) is 0 Å². The first-order valence-electron chi connectivity index (χ1n) is 13.1. The summed E-state index contributed by atoms with van der Waals surface area (Å²) in [4.78, 5) is 6.25. The van der Waals surface area contributed by atoms with Gasteiger partial charge >= 0.3 is 7.12 Å². The van der Waals surface area contributed by atoms with E-state index in [1.54, 1.807) is 0 Å². The molecule has 3 rings (SSSR count). The highest BCUT2D eigenvalue weighted by molar-refractivity contribution is 6.51. The molecule has 0 fully saturated rings. The van der Waals surface area contributed by atoms with Crippen molar-refractivity contribution in [2.24, 2.45) is 0 Å². The maximum Gasteiger partial charge on any atom is 0.338 e. The van der Waals surface area contributed by atoms with Gasteiger partial charge in [-0.1, -0.05) is 30.9 Å². The molecule has 0 amide bonds. The number of nitrogens with zero attached hydrogens (tertiary/aromatic N) is 15. The fraction of sp³-hybridized carbons (Fsp3) is 0.857. The zero-order chi connectivity index (χ0) is 27.6. The lowest BCUT2D eigenvalue weighted by Crippen LogP contribution is -2.47. The van der Waals surface area contributed by atoms with Gasteiger partial charge < -0.3 is 28.8 Å². The Bertz CT molecular complexity index is 952. The third kappa shape index (κ3) is 5.98. The van der Waals surface area contributed by atoms with Crippen LogP contribution in [0.25, 0.3) is 0 Å². The normalized spacial score (nSPS) is 12.4. The van der Waals surface area contributed by atoms with Gasteiger partial charge in [-0.25, -0.2) is 0 Å². The summed E-state index contributed by atoms with van der Waals surface area (Å²) >= 11 is 0. The van der Waals surface area contributed by atoms with E-state index < -0.39 is 7.12 Å². The summed E-state index contributed by atoms with van der Waals surface area (Å²) in [6.45, 7) is 25.1. The molecule has 3 aromatic rings. The quantitative estimate of drug-likeness (QED) is 0.322. The van der Waals surface area contributed by atoms with Crippen LogP contribution in [0.3, 0.4) is 0 Å². The van der Waals surface area contributed by atoms with Crippen LogP contribution in [0.4, 0.5) is 17.8 Å². The van der Waals surface area contributed by atoms with Crippen molar-refractivity contribution in [3.8, 4) is 0 Å². The minimum atomic E-state index is -0.896. The smallest absolute Gasteiger partial charge is 0.333 e. The third-order valence-electron chi connectivity index (χ3n) is 5.90. The molecule has 205 valence electrons. The molecule has 0 unspecified atom stereocenters. The first-order valence-corrected chi connectivity index (χ1v) is 13.1. The van der Waals surface area contributed by atoms with Crippen LogP contribution in [0.2, 0.25) is 0 Å². The second-order valence-electron chi connectivity index (χ2n) is 10.9. The Morgan fingerprint density at radius 1 is 0.432 bits per heavy atom. The van der Waals surface area contributed by atoms with Crippen molar-refractivity contribution in [3.05, 3.63) is 0 Å². The molecular formula is C21H42BN15-. The molecule has 1 radical (unpaired) electrons. The maximum atomic E-state index is 4.69. The first kappa shape index (κ1) is 28.2. The topological polar surface area (TPSA) is 141 Å². The summed E-state index contributed by atoms with van der Waals surface area (Å²) in [5.74, 6) is 1.48. The van der Waals surface area contributed by atoms with E-state index in [2.05, 4.69) is 129 Å². The molecule has 37 heavy (non-hydrogen) atoms. The van der Waals surface area contributed by atoms with Crippen molar-refractivity contribution in [1.82, 2.24) is 60.4 Å². The second-order valence-corrected chi connectivity index (χ2v) is 10.9. The first-order chi connectivity index (χ1) is 17.3. The van der Waals surface area contributed by atoms with E-state index in [-0.39, 0.29) is 36.3 Å². The van der Waals surface area contributed by atoms with E-state index in [0.29, 0.717) is 17.8 Å². The fourth-order valence-electron chi connectivity index (χ4n) is 4.71. The monoisotopic (exact) mass is 515 g/mol. The molecule has 0 aliphatic heterocycles. The Kier molecular flexibility index (Phi) is 8.69. The molecule has 0 saturated heterocycles. The van der Waals surface area contributed by atoms with Crippen molar-refractivity contribution in [2.75, 3.05) is 14.7 Å². The maximum absolute atomic E-state index is 4.69. The van der Waals surface area contributed by atoms with E-state index in [1.807, 2.05) is 0 Å². The van der Waals surface area contributed by atoms with Crippen LogP contribution in [0.1, 0.15) is 83.1 Å². The summed E-state index contributed by atoms with van der Waals surface area (Å²) in [5, 5.41) is 40.1. The molecule has 3 aromatic heterocycles. The van der Waals surface area contributed by atoms with Crippen molar-refractivity contribution < 1.29 is 0 Å². The number of aromatic nitrogens is 12. The number of anilines is 3. The molecule has 16 heteroatoms. The molecule has 0 spiro atoms. The van der Waals surface area contributed by atoms with Crippen molar-refractivity contribution in [3.63, 3.8) is 0 Å². The zero-order valence-corrected chi connectivity index (χ0v) is 24.2. The van der Waals surface area contributed by atoms with Gasteiger partial charge in [0.1, 0.15) is 0 Å². The van der Waals surface area contributed by atoms with Crippen molar-refractivity contribution in [2.45, 2.75) is 119 Å². The highest BCUT2D eigenvalue weighted by Crippen LogP contribution is 2.17. The standard InChI is InChI=1S/C21H42BN15/c1-13(2)32(14(3)4)19-23-29-35(26-19)22(36-27-20(24-30-36)33(15(5)6)16(7)8)37-28-21(25-31-37)34(17(9)10)18(11)12/h13-18H,1-12H3/q-1. The van der Waals surface area contributed by atoms with Gasteiger partial charge in [-0.2, -0.15) is 15.3 Å². The average Bonchev–Trinajstić information content (AvgIpc) is 3.50. The molecule has 0 bridgehead atoms. The average molecular weight is 515 g/mol. The van der Waals surface area contributed by atoms with Gasteiger partial charge in [0.2, 0.25) is 0 Å². The Morgan fingerprint density at radius 2 is 0.649 bits per heavy atom. The van der Waals surface area contributed by atoms with E-state index in [1.165, 1.54) is 14.1 Å². The van der Waals surface area contributed by atoms with Crippen molar-refractivity contribution >= 4 is 25.0 Å². The number of rotatable bonds is 12. The van der Waals surface area contributed by atoms with Gasteiger partial charge in [0.15, 0.2) is 0 Å². The van der Waals surface area contributed by atoms with Gasteiger partial charge in [0, 0.05) is 36.3 Å². The molecule has 0 atom stereocenters. The SMILES string of the molecule is CC(C)N(c1nnn([B-](n2nnc(N(C(C)C)C(C)C)n2)n2nnc(N(C(C)C)C(C)C)n2)n1)C(C)C. The number of tetrazole rings is 3. The lowest BCUT2D eigenvalue weighted by molar-refractivity contribution is 0.583. The highest BCUT2D eigenvalue weighted by atomic mass is 15.7. The minimum absolute atomic E-state index is 0.180. The molecule has 0 saturated carbocycles. The largest absolute Gasteiger partial charge is 0.338 e. The van der Waals surface area contributed by atoms with Gasteiger partial charge in [-0.15, -0.1) is 0 Å². The molecule has 0 aromatic carbocycles. The van der Waals surface area contributed by atoms with Crippen LogP contribution < -0.4 is 14.7 Å². The fourth-order valence-corrected chi connectivity index (χ4v) is 4.71. The highest BCUT2D eigenvalue weighted by Gasteiger charge is 2.26. The Morgan fingerprint density at radius 3 is 0.838 bits per heavy atom. The summed E-state index contributed by atoms with van der Waals surface area (Å²) in [7, 11) is -0.896. The number of hydrogen-bond acceptors (Lipinski definition) is 12. The van der Waals surface area contributed by atoms with Crippen LogP contribution in [0, 0.1) is 0 Å². The molecule has 0 aliphatic rings. The Balaban J connectivity index is 2.11. The van der Waals surface area contributed by atoms with Crippen LogP contribution in [-0.2, 0) is 0 Å². The molecule has 0 aliphatic carbocycles. The van der Waals surface area contributed by atoms with Gasteiger partial charge in [0.05, 0.1) is 0 Å². The van der Waals surface area contributed by atoms with E-state index in [4.69, 9.17) is 15.3 Å². The molecule has 3 heterocycles. The molecule has 0 N–H and O–H groups in total. The van der Waals surface area contributed by atoms with Crippen LogP contribution in [0.15, 0.2) is 0 Å². The minimum Gasteiger partial charge on any atom is -0.333 e. The van der Waals surface area contributed by atoms with Crippen molar-refractivity contribution in [1.29, 1.82) is 0 Å². The second kappa shape index (κ2) is 11.4. The van der Waals surface area contributed by atoms with E-state index in [0.717, 1.165) is 0 Å². The lowest BCUT2D eigenvalue weighted by Gasteiger charge is -2.30. The Hall–Kier alpha value is -3.33. The van der Waals surface area contributed by atoms with E-state index >= 15 is 0 Å². The lowest BCUT2D eigenvalue weighted by atomic mass is 9.99. The molecular weight excluding hydrogens is 473 g/mol. The van der Waals surface area contributed by atoms with E-state index in [9.17, 15) is 0 Å². The predicted octanol–water partition coefficient (Wildman–Crippen LogP) is 1.45. The van der Waals surface area contributed by atoms with Crippen LogP contribution in [0.5, 0.6) is 0 Å². The predicted molar refractivity (Wildman–Crippen MR) is 144 cm³/mol. The van der Waals surface area contributed by atoms with Gasteiger partial charge in [-0.05, 0) is 83.1 Å². The molecule has 15 nitrogen and oxygen atoms in total.